The van der Waals surface area contributed by atoms with Gasteiger partial charge in [-0.15, -0.1) is 0 Å². The Morgan fingerprint density at radius 1 is 1.04 bits per heavy atom. The van der Waals surface area contributed by atoms with Gasteiger partial charge in [0.15, 0.2) is 0 Å². The monoisotopic (exact) mass is 375 g/mol. The van der Waals surface area contributed by atoms with Crippen LogP contribution >= 0.6 is 0 Å². The molecular weight excluding hydrogens is 350 g/mol. The summed E-state index contributed by atoms with van der Waals surface area (Å²) in [7, 11) is 0. The van der Waals surface area contributed by atoms with Crippen molar-refractivity contribution in [2.75, 3.05) is 31.1 Å². The molecule has 144 valence electrons. The van der Waals surface area contributed by atoms with E-state index < -0.39 is 0 Å². The molecule has 0 saturated carbocycles. The summed E-state index contributed by atoms with van der Waals surface area (Å²) < 4.78 is 1.79. The van der Waals surface area contributed by atoms with E-state index in [9.17, 15) is 4.79 Å². The Bertz CT molecular complexity index is 958. The summed E-state index contributed by atoms with van der Waals surface area (Å²) in [6.45, 7) is 7.33. The van der Waals surface area contributed by atoms with Crippen molar-refractivity contribution in [3.8, 4) is 11.1 Å². The number of aryl methyl sites for hydroxylation is 2. The smallest absolute Gasteiger partial charge is 0.244 e. The number of rotatable bonds is 4. The third-order valence-corrected chi connectivity index (χ3v) is 5.24. The van der Waals surface area contributed by atoms with Crippen LogP contribution in [0.2, 0.25) is 0 Å². The quantitative estimate of drug-likeness (QED) is 0.704. The SMILES string of the molecule is Cc1cc(C)n(CC(=O)N2CCN(c3ccccc3-c3cccnc3)CC2)n1. The first kappa shape index (κ1) is 18.2. The zero-order valence-corrected chi connectivity index (χ0v) is 16.4. The number of para-hydroxylation sites is 1. The van der Waals surface area contributed by atoms with Gasteiger partial charge in [-0.1, -0.05) is 24.3 Å². The number of pyridine rings is 1. The second-order valence-electron chi connectivity index (χ2n) is 7.21. The van der Waals surface area contributed by atoms with E-state index in [1.165, 1.54) is 11.3 Å². The van der Waals surface area contributed by atoms with Gasteiger partial charge in [-0.2, -0.15) is 5.10 Å². The maximum Gasteiger partial charge on any atom is 0.244 e. The fourth-order valence-corrected chi connectivity index (χ4v) is 3.78. The van der Waals surface area contributed by atoms with E-state index in [2.05, 4.69) is 45.3 Å². The molecule has 0 spiro atoms. The first-order valence-electron chi connectivity index (χ1n) is 9.65. The number of aromatic nitrogens is 3. The molecular formula is C22H25N5O. The zero-order valence-electron chi connectivity index (χ0n) is 16.4. The Morgan fingerprint density at radius 2 is 1.82 bits per heavy atom. The van der Waals surface area contributed by atoms with Gasteiger partial charge in [-0.3, -0.25) is 14.5 Å². The molecule has 3 aromatic rings. The third-order valence-electron chi connectivity index (χ3n) is 5.24. The Morgan fingerprint density at radius 3 is 2.50 bits per heavy atom. The number of amides is 1. The van der Waals surface area contributed by atoms with E-state index in [0.29, 0.717) is 6.54 Å². The van der Waals surface area contributed by atoms with Gasteiger partial charge in [-0.05, 0) is 32.0 Å². The van der Waals surface area contributed by atoms with Crippen LogP contribution in [0.4, 0.5) is 5.69 Å². The summed E-state index contributed by atoms with van der Waals surface area (Å²) in [6, 6.07) is 14.4. The van der Waals surface area contributed by atoms with Crippen molar-refractivity contribution in [1.82, 2.24) is 19.7 Å². The molecule has 28 heavy (non-hydrogen) atoms. The Kier molecular flexibility index (Phi) is 5.10. The maximum absolute atomic E-state index is 12.7. The first-order chi connectivity index (χ1) is 13.6. The van der Waals surface area contributed by atoms with Gasteiger partial charge in [0.25, 0.3) is 0 Å². The fourth-order valence-electron chi connectivity index (χ4n) is 3.78. The minimum absolute atomic E-state index is 0.131. The lowest BCUT2D eigenvalue weighted by Crippen LogP contribution is -2.49. The summed E-state index contributed by atoms with van der Waals surface area (Å²) in [5, 5.41) is 4.41. The van der Waals surface area contributed by atoms with Crippen molar-refractivity contribution in [1.29, 1.82) is 0 Å². The molecule has 0 N–H and O–H groups in total. The van der Waals surface area contributed by atoms with Crippen molar-refractivity contribution >= 4 is 11.6 Å². The summed E-state index contributed by atoms with van der Waals surface area (Å²) in [4.78, 5) is 21.3. The number of hydrogen-bond acceptors (Lipinski definition) is 4. The molecule has 6 heteroatoms. The molecule has 1 saturated heterocycles. The molecule has 1 amide bonds. The average molecular weight is 375 g/mol. The number of anilines is 1. The number of carbonyl (C=O) groups excluding carboxylic acids is 1. The number of hydrogen-bond donors (Lipinski definition) is 0. The van der Waals surface area contributed by atoms with Gasteiger partial charge in [-0.25, -0.2) is 0 Å². The topological polar surface area (TPSA) is 54.3 Å². The van der Waals surface area contributed by atoms with Crippen LogP contribution in [0.25, 0.3) is 11.1 Å². The maximum atomic E-state index is 12.7. The molecule has 0 aliphatic carbocycles. The highest BCUT2D eigenvalue weighted by atomic mass is 16.2. The number of benzene rings is 1. The highest BCUT2D eigenvalue weighted by molar-refractivity contribution is 5.79. The molecule has 1 aliphatic heterocycles. The van der Waals surface area contributed by atoms with Crippen LogP contribution in [-0.2, 0) is 11.3 Å². The molecule has 1 aromatic carbocycles. The molecule has 0 radical (unpaired) electrons. The predicted molar refractivity (Wildman–Crippen MR) is 110 cm³/mol. The third kappa shape index (κ3) is 3.76. The van der Waals surface area contributed by atoms with Crippen molar-refractivity contribution < 1.29 is 4.79 Å². The highest BCUT2D eigenvalue weighted by Crippen LogP contribution is 2.30. The van der Waals surface area contributed by atoms with Gasteiger partial charge < -0.3 is 9.80 Å². The molecule has 6 nitrogen and oxygen atoms in total. The molecule has 2 aromatic heterocycles. The van der Waals surface area contributed by atoms with Crippen molar-refractivity contribution in [2.45, 2.75) is 20.4 Å². The van der Waals surface area contributed by atoms with E-state index in [0.717, 1.165) is 43.1 Å². The molecule has 3 heterocycles. The van der Waals surface area contributed by atoms with Gasteiger partial charge in [0.05, 0.1) is 5.69 Å². The molecule has 4 rings (SSSR count). The molecule has 0 atom stereocenters. The van der Waals surface area contributed by atoms with Crippen LogP contribution < -0.4 is 4.90 Å². The van der Waals surface area contributed by atoms with E-state index in [1.807, 2.05) is 37.1 Å². The second kappa shape index (κ2) is 7.84. The minimum atomic E-state index is 0.131. The van der Waals surface area contributed by atoms with Crippen LogP contribution in [0, 0.1) is 13.8 Å². The second-order valence-corrected chi connectivity index (χ2v) is 7.21. The summed E-state index contributed by atoms with van der Waals surface area (Å²) >= 11 is 0. The Hall–Kier alpha value is -3.15. The van der Waals surface area contributed by atoms with Gasteiger partial charge in [0.1, 0.15) is 6.54 Å². The predicted octanol–water partition coefficient (Wildman–Crippen LogP) is 2.91. The highest BCUT2D eigenvalue weighted by Gasteiger charge is 2.23. The van der Waals surface area contributed by atoms with E-state index in [4.69, 9.17) is 0 Å². The van der Waals surface area contributed by atoms with E-state index >= 15 is 0 Å². The van der Waals surface area contributed by atoms with Crippen molar-refractivity contribution in [3.63, 3.8) is 0 Å². The zero-order chi connectivity index (χ0) is 19.5. The molecule has 0 bridgehead atoms. The van der Waals surface area contributed by atoms with Crippen LogP contribution in [0.1, 0.15) is 11.4 Å². The van der Waals surface area contributed by atoms with Crippen LogP contribution in [0.15, 0.2) is 54.9 Å². The Balaban J connectivity index is 1.44. The molecule has 1 fully saturated rings. The summed E-state index contributed by atoms with van der Waals surface area (Å²) in [5.74, 6) is 0.131. The molecule has 1 aliphatic rings. The van der Waals surface area contributed by atoms with E-state index in [1.54, 1.807) is 10.9 Å². The molecule has 0 unspecified atom stereocenters. The minimum Gasteiger partial charge on any atom is -0.367 e. The lowest BCUT2D eigenvalue weighted by Gasteiger charge is -2.37. The summed E-state index contributed by atoms with van der Waals surface area (Å²) in [6.07, 6.45) is 3.69. The number of carbonyl (C=O) groups is 1. The van der Waals surface area contributed by atoms with Crippen LogP contribution in [-0.4, -0.2) is 51.8 Å². The van der Waals surface area contributed by atoms with Gasteiger partial charge in [0, 0.05) is 61.1 Å². The average Bonchev–Trinajstić information content (AvgIpc) is 3.05. The lowest BCUT2D eigenvalue weighted by atomic mass is 10.0. The first-order valence-corrected chi connectivity index (χ1v) is 9.65. The van der Waals surface area contributed by atoms with Gasteiger partial charge in [0.2, 0.25) is 5.91 Å². The van der Waals surface area contributed by atoms with Gasteiger partial charge >= 0.3 is 0 Å². The van der Waals surface area contributed by atoms with Crippen molar-refractivity contribution in [2.24, 2.45) is 0 Å². The lowest BCUT2D eigenvalue weighted by molar-refractivity contribution is -0.132. The standard InChI is InChI=1S/C22H25N5O/c1-17-14-18(2)27(24-17)16-22(28)26-12-10-25(11-13-26)21-8-4-3-7-20(21)19-6-5-9-23-15-19/h3-9,14-15H,10-13,16H2,1-2H3. The Labute approximate surface area is 165 Å². The van der Waals surface area contributed by atoms with E-state index in [-0.39, 0.29) is 5.91 Å². The summed E-state index contributed by atoms with van der Waals surface area (Å²) in [5.41, 5.74) is 5.46. The van der Waals surface area contributed by atoms with Crippen LogP contribution in [0.3, 0.4) is 0 Å². The fraction of sp³-hybridized carbons (Fsp3) is 0.318. The number of nitrogens with zero attached hydrogens (tertiary/aromatic N) is 5. The number of piperazine rings is 1. The van der Waals surface area contributed by atoms with Crippen molar-refractivity contribution in [3.05, 3.63) is 66.2 Å². The normalized spacial score (nSPS) is 14.4. The largest absolute Gasteiger partial charge is 0.367 e. The van der Waals surface area contributed by atoms with Crippen LogP contribution in [0.5, 0.6) is 0 Å².